The van der Waals surface area contributed by atoms with Crippen LogP contribution < -0.4 is 0 Å². The van der Waals surface area contributed by atoms with Crippen molar-refractivity contribution < 1.29 is 19.1 Å². The second-order valence-corrected chi connectivity index (χ2v) is 15.9. The van der Waals surface area contributed by atoms with E-state index in [0.717, 1.165) is 83.0 Å². The highest BCUT2D eigenvalue weighted by molar-refractivity contribution is 5.85. The zero-order valence-corrected chi connectivity index (χ0v) is 25.3. The molecule has 5 fully saturated rings. The summed E-state index contributed by atoms with van der Waals surface area (Å²) in [6.45, 7) is 13.4. The molecule has 4 nitrogen and oxygen atoms in total. The quantitative estimate of drug-likeness (QED) is 0.363. The zero-order chi connectivity index (χ0) is 27.2. The van der Waals surface area contributed by atoms with Crippen molar-refractivity contribution in [2.24, 2.45) is 46.8 Å². The van der Waals surface area contributed by atoms with Crippen LogP contribution in [0.5, 0.6) is 0 Å². The minimum absolute atomic E-state index is 0.116. The van der Waals surface area contributed by atoms with Gasteiger partial charge in [-0.2, -0.15) is 0 Å². The van der Waals surface area contributed by atoms with Crippen molar-refractivity contribution in [3.63, 3.8) is 0 Å². The van der Waals surface area contributed by atoms with Crippen molar-refractivity contribution in [3.8, 4) is 0 Å². The molecular formula is C34H56O4. The van der Waals surface area contributed by atoms with E-state index in [1.807, 2.05) is 0 Å². The number of carbonyl (C=O) groups is 2. The van der Waals surface area contributed by atoms with Crippen LogP contribution in [0, 0.1) is 46.8 Å². The average molecular weight is 529 g/mol. The Labute approximate surface area is 232 Å². The summed E-state index contributed by atoms with van der Waals surface area (Å²) in [4.78, 5) is 27.7. The van der Waals surface area contributed by atoms with Crippen molar-refractivity contribution in [2.45, 2.75) is 155 Å². The molecule has 1 heterocycles. The van der Waals surface area contributed by atoms with Gasteiger partial charge < -0.3 is 9.47 Å². The van der Waals surface area contributed by atoms with E-state index in [0.29, 0.717) is 34.9 Å². The molecule has 0 aromatic heterocycles. The molecule has 0 spiro atoms. The Morgan fingerprint density at radius 1 is 0.658 bits per heavy atom. The Bertz CT molecular complexity index is 834. The van der Waals surface area contributed by atoms with E-state index in [9.17, 15) is 9.59 Å². The number of ketones is 2. The van der Waals surface area contributed by atoms with Crippen LogP contribution in [-0.2, 0) is 19.1 Å². The zero-order valence-electron chi connectivity index (χ0n) is 25.3. The molecule has 0 amide bonds. The fraction of sp³-hybridized carbons (Fsp3) is 0.941. The van der Waals surface area contributed by atoms with E-state index < -0.39 is 0 Å². The molecule has 4 aliphatic carbocycles. The number of hydrogen-bond donors (Lipinski definition) is 0. The lowest BCUT2D eigenvalue weighted by Crippen LogP contribution is -2.43. The van der Waals surface area contributed by atoms with Crippen molar-refractivity contribution in [1.29, 1.82) is 0 Å². The summed E-state index contributed by atoms with van der Waals surface area (Å²) in [5.74, 6) is 3.36. The molecule has 4 saturated carbocycles. The molecule has 0 aromatic carbocycles. The molecule has 6 unspecified atom stereocenters. The Morgan fingerprint density at radius 3 is 1.89 bits per heavy atom. The van der Waals surface area contributed by atoms with Crippen LogP contribution in [0.25, 0.3) is 0 Å². The van der Waals surface area contributed by atoms with Gasteiger partial charge in [0.25, 0.3) is 0 Å². The normalized spacial score (nSPS) is 42.3. The third-order valence-electron chi connectivity index (χ3n) is 11.3. The van der Waals surface area contributed by atoms with E-state index in [4.69, 9.17) is 9.47 Å². The Kier molecular flexibility index (Phi) is 8.53. The van der Waals surface area contributed by atoms with Crippen LogP contribution in [0.3, 0.4) is 0 Å². The first-order valence-corrected chi connectivity index (χ1v) is 16.3. The van der Waals surface area contributed by atoms with E-state index in [1.165, 1.54) is 12.8 Å². The molecule has 38 heavy (non-hydrogen) atoms. The fourth-order valence-corrected chi connectivity index (χ4v) is 9.33. The van der Waals surface area contributed by atoms with Gasteiger partial charge in [0, 0.05) is 29.6 Å². The standard InChI is InChI=1S/C34H56O4/c1-33(2,3)24-15-10-21(11-16-24)31(35)23-14-19-28-27(20-23)30-26(8-7-9-29(30)37-28)32(36)22-12-17-25(18-13-22)38-34(4,5)6/h21-30H,7-20H2,1-6H3. The van der Waals surface area contributed by atoms with Gasteiger partial charge in [0.1, 0.15) is 11.6 Å². The van der Waals surface area contributed by atoms with Crippen LogP contribution in [0.15, 0.2) is 0 Å². The maximum Gasteiger partial charge on any atom is 0.139 e. The fourth-order valence-electron chi connectivity index (χ4n) is 9.33. The Balaban J connectivity index is 1.20. The molecule has 6 atom stereocenters. The summed E-state index contributed by atoms with van der Waals surface area (Å²) >= 11 is 0. The third-order valence-corrected chi connectivity index (χ3v) is 11.3. The summed E-state index contributed by atoms with van der Waals surface area (Å²) in [7, 11) is 0. The van der Waals surface area contributed by atoms with Gasteiger partial charge in [-0.25, -0.2) is 0 Å². The van der Waals surface area contributed by atoms with Gasteiger partial charge in [0.05, 0.1) is 23.9 Å². The van der Waals surface area contributed by atoms with E-state index in [-0.39, 0.29) is 41.5 Å². The second-order valence-electron chi connectivity index (χ2n) is 15.9. The van der Waals surface area contributed by atoms with Gasteiger partial charge >= 0.3 is 0 Å². The van der Waals surface area contributed by atoms with Crippen LogP contribution in [-0.4, -0.2) is 35.5 Å². The molecule has 0 bridgehead atoms. The summed E-state index contributed by atoms with van der Waals surface area (Å²) < 4.78 is 12.9. The smallest absolute Gasteiger partial charge is 0.139 e. The first kappa shape index (κ1) is 28.8. The number of hydrogen-bond acceptors (Lipinski definition) is 4. The van der Waals surface area contributed by atoms with Gasteiger partial charge in [-0.15, -0.1) is 0 Å². The minimum Gasteiger partial charge on any atom is -0.374 e. The first-order chi connectivity index (χ1) is 17.9. The highest BCUT2D eigenvalue weighted by atomic mass is 16.5. The maximum atomic E-state index is 14.0. The summed E-state index contributed by atoms with van der Waals surface area (Å²) in [6, 6.07) is 0. The van der Waals surface area contributed by atoms with Crippen LogP contribution in [0.4, 0.5) is 0 Å². The summed E-state index contributed by atoms with van der Waals surface area (Å²) in [6.07, 6.45) is 15.5. The van der Waals surface area contributed by atoms with E-state index in [1.54, 1.807) is 0 Å². The molecule has 0 aromatic rings. The minimum atomic E-state index is -0.116. The number of carbonyl (C=O) groups excluding carboxylic acids is 2. The topological polar surface area (TPSA) is 52.6 Å². The van der Waals surface area contributed by atoms with Crippen molar-refractivity contribution in [3.05, 3.63) is 0 Å². The largest absolute Gasteiger partial charge is 0.374 e. The average Bonchev–Trinajstić information content (AvgIpc) is 3.25. The second kappa shape index (κ2) is 11.3. The summed E-state index contributed by atoms with van der Waals surface area (Å²) in [5, 5.41) is 0. The molecule has 0 radical (unpaired) electrons. The summed E-state index contributed by atoms with van der Waals surface area (Å²) in [5.41, 5.74) is 0.235. The molecule has 1 aliphatic heterocycles. The lowest BCUT2D eigenvalue weighted by Gasteiger charge is -2.41. The van der Waals surface area contributed by atoms with Crippen molar-refractivity contribution in [2.75, 3.05) is 0 Å². The monoisotopic (exact) mass is 528 g/mol. The third kappa shape index (κ3) is 6.27. The molecular weight excluding hydrogens is 472 g/mol. The number of rotatable bonds is 5. The van der Waals surface area contributed by atoms with Crippen LogP contribution >= 0.6 is 0 Å². The van der Waals surface area contributed by atoms with Gasteiger partial charge in [0.15, 0.2) is 0 Å². The lowest BCUT2D eigenvalue weighted by atomic mass is 9.61. The molecule has 1 saturated heterocycles. The van der Waals surface area contributed by atoms with Crippen molar-refractivity contribution >= 4 is 11.6 Å². The lowest BCUT2D eigenvalue weighted by molar-refractivity contribution is -0.135. The molecule has 216 valence electrons. The first-order valence-electron chi connectivity index (χ1n) is 16.3. The maximum absolute atomic E-state index is 14.0. The number of Topliss-reactive ketones (excluding diaryl/α,β-unsaturated/α-hetero) is 2. The van der Waals surface area contributed by atoms with Crippen LogP contribution in [0.1, 0.15) is 131 Å². The van der Waals surface area contributed by atoms with Crippen molar-refractivity contribution in [1.82, 2.24) is 0 Å². The van der Waals surface area contributed by atoms with Gasteiger partial charge in [-0.3, -0.25) is 9.59 Å². The SMILES string of the molecule is CC(C)(C)OC1CCC(C(=O)C2CCCC3OC4CCC(C(=O)C5CCC(C(C)(C)C)CC5)CC4C32)CC1. The number of ether oxygens (including phenoxy) is 2. The molecule has 0 N–H and O–H groups in total. The van der Waals surface area contributed by atoms with Gasteiger partial charge in [-0.05, 0) is 121 Å². The highest BCUT2D eigenvalue weighted by Gasteiger charge is 2.54. The van der Waals surface area contributed by atoms with Gasteiger partial charge in [-0.1, -0.05) is 27.2 Å². The Hall–Kier alpha value is -0.740. The van der Waals surface area contributed by atoms with E-state index in [2.05, 4.69) is 41.5 Å². The van der Waals surface area contributed by atoms with E-state index >= 15 is 0 Å². The number of fused-ring (bicyclic) bond motifs is 3. The Morgan fingerprint density at radius 2 is 1.26 bits per heavy atom. The molecule has 4 heteroatoms. The van der Waals surface area contributed by atoms with Crippen LogP contribution in [0.2, 0.25) is 0 Å². The molecule has 5 rings (SSSR count). The molecule has 5 aliphatic rings. The highest BCUT2D eigenvalue weighted by Crippen LogP contribution is 2.53. The predicted molar refractivity (Wildman–Crippen MR) is 152 cm³/mol. The van der Waals surface area contributed by atoms with Gasteiger partial charge in [0.2, 0.25) is 0 Å². The predicted octanol–water partition coefficient (Wildman–Crippen LogP) is 7.95.